The van der Waals surface area contributed by atoms with Gasteiger partial charge in [-0.2, -0.15) is 0 Å². The standard InChI is InChI=1S/C24H19NO2/c26-24(25-17-20-12-6-11-18-10-4-5-14-22(18)20)23(16-21-13-7-15-27-21)19-8-2-1-3-9-19/h1-16H,17H2,(H,25,26)/b23-16+. The van der Waals surface area contributed by atoms with Crippen molar-refractivity contribution >= 4 is 28.3 Å². The van der Waals surface area contributed by atoms with E-state index in [-0.39, 0.29) is 5.91 Å². The second-order valence-electron chi connectivity index (χ2n) is 6.26. The highest BCUT2D eigenvalue weighted by atomic mass is 16.3. The third-order valence-corrected chi connectivity index (χ3v) is 4.48. The molecule has 0 saturated carbocycles. The highest BCUT2D eigenvalue weighted by Gasteiger charge is 2.13. The molecule has 0 fully saturated rings. The van der Waals surface area contributed by atoms with Crippen LogP contribution < -0.4 is 5.32 Å². The predicted octanol–water partition coefficient (Wildman–Crippen LogP) is 5.29. The monoisotopic (exact) mass is 353 g/mol. The van der Waals surface area contributed by atoms with Crippen LogP contribution in [0.5, 0.6) is 0 Å². The Morgan fingerprint density at radius 1 is 0.852 bits per heavy atom. The van der Waals surface area contributed by atoms with Gasteiger partial charge < -0.3 is 9.73 Å². The Morgan fingerprint density at radius 2 is 1.63 bits per heavy atom. The van der Waals surface area contributed by atoms with Crippen molar-refractivity contribution in [1.82, 2.24) is 5.32 Å². The molecule has 0 spiro atoms. The summed E-state index contributed by atoms with van der Waals surface area (Å²) in [7, 11) is 0. The molecule has 0 saturated heterocycles. The van der Waals surface area contributed by atoms with Gasteiger partial charge in [0.2, 0.25) is 0 Å². The molecule has 1 aromatic heterocycles. The smallest absolute Gasteiger partial charge is 0.252 e. The lowest BCUT2D eigenvalue weighted by molar-refractivity contribution is -0.115. The molecule has 0 radical (unpaired) electrons. The largest absolute Gasteiger partial charge is 0.465 e. The summed E-state index contributed by atoms with van der Waals surface area (Å²) in [5, 5.41) is 5.37. The quantitative estimate of drug-likeness (QED) is 0.495. The van der Waals surface area contributed by atoms with Gasteiger partial charge in [0.15, 0.2) is 0 Å². The lowest BCUT2D eigenvalue weighted by Gasteiger charge is -2.11. The number of carbonyl (C=O) groups is 1. The number of amides is 1. The van der Waals surface area contributed by atoms with Crippen molar-refractivity contribution in [3.8, 4) is 0 Å². The van der Waals surface area contributed by atoms with Gasteiger partial charge in [-0.15, -0.1) is 0 Å². The average Bonchev–Trinajstić information content (AvgIpc) is 3.24. The Kier molecular flexibility index (Phi) is 4.84. The molecule has 0 bridgehead atoms. The fraction of sp³-hybridized carbons (Fsp3) is 0.0417. The molecule has 0 aliphatic carbocycles. The molecule has 0 aliphatic rings. The van der Waals surface area contributed by atoms with Crippen LogP contribution in [0.1, 0.15) is 16.9 Å². The number of rotatable bonds is 5. The van der Waals surface area contributed by atoms with Gasteiger partial charge in [0, 0.05) is 6.54 Å². The topological polar surface area (TPSA) is 42.2 Å². The van der Waals surface area contributed by atoms with E-state index < -0.39 is 0 Å². The Labute approximate surface area is 158 Å². The first-order chi connectivity index (χ1) is 13.3. The maximum atomic E-state index is 13.0. The summed E-state index contributed by atoms with van der Waals surface area (Å²) in [5.74, 6) is 0.514. The number of nitrogens with one attached hydrogen (secondary N) is 1. The molecule has 27 heavy (non-hydrogen) atoms. The Morgan fingerprint density at radius 3 is 2.44 bits per heavy atom. The first-order valence-electron chi connectivity index (χ1n) is 8.87. The maximum absolute atomic E-state index is 13.0. The van der Waals surface area contributed by atoms with Gasteiger partial charge in [-0.3, -0.25) is 4.79 Å². The van der Waals surface area contributed by atoms with E-state index in [4.69, 9.17) is 4.42 Å². The van der Waals surface area contributed by atoms with Gasteiger partial charge >= 0.3 is 0 Å². The van der Waals surface area contributed by atoms with Crippen molar-refractivity contribution in [3.63, 3.8) is 0 Å². The van der Waals surface area contributed by atoms with Crippen LogP contribution in [0.2, 0.25) is 0 Å². The van der Waals surface area contributed by atoms with Crippen molar-refractivity contribution in [2.45, 2.75) is 6.54 Å². The summed E-state index contributed by atoms with van der Waals surface area (Å²) in [5.41, 5.74) is 2.52. The predicted molar refractivity (Wildman–Crippen MR) is 109 cm³/mol. The molecular weight excluding hydrogens is 334 g/mol. The van der Waals surface area contributed by atoms with E-state index in [2.05, 4.69) is 23.5 Å². The fourth-order valence-electron chi connectivity index (χ4n) is 3.13. The van der Waals surface area contributed by atoms with Crippen molar-refractivity contribution in [2.24, 2.45) is 0 Å². The van der Waals surface area contributed by atoms with Crippen molar-refractivity contribution in [1.29, 1.82) is 0 Å². The third-order valence-electron chi connectivity index (χ3n) is 4.48. The molecule has 4 aromatic rings. The second kappa shape index (κ2) is 7.75. The van der Waals surface area contributed by atoms with Crippen LogP contribution in [0.15, 0.2) is 95.6 Å². The lowest BCUT2D eigenvalue weighted by atomic mass is 10.0. The molecule has 1 heterocycles. The summed E-state index contributed by atoms with van der Waals surface area (Å²) >= 11 is 0. The second-order valence-corrected chi connectivity index (χ2v) is 6.26. The maximum Gasteiger partial charge on any atom is 0.252 e. The van der Waals surface area contributed by atoms with Crippen LogP contribution in [-0.4, -0.2) is 5.91 Å². The van der Waals surface area contributed by atoms with Gasteiger partial charge in [0.1, 0.15) is 5.76 Å². The zero-order chi connectivity index (χ0) is 18.5. The number of benzene rings is 3. The molecular formula is C24H19NO2. The van der Waals surface area contributed by atoms with E-state index >= 15 is 0 Å². The molecule has 4 rings (SSSR count). The van der Waals surface area contributed by atoms with Crippen LogP contribution in [0.25, 0.3) is 22.4 Å². The summed E-state index contributed by atoms with van der Waals surface area (Å²) in [6, 6.07) is 27.6. The first kappa shape index (κ1) is 16.9. The Hall–Kier alpha value is -3.59. The minimum atomic E-state index is -0.134. The van der Waals surface area contributed by atoms with E-state index in [0.29, 0.717) is 17.9 Å². The summed E-state index contributed by atoms with van der Waals surface area (Å²) < 4.78 is 5.40. The molecule has 0 aliphatic heterocycles. The van der Waals surface area contributed by atoms with Gasteiger partial charge in [0.25, 0.3) is 5.91 Å². The van der Waals surface area contributed by atoms with Gasteiger partial charge in [-0.25, -0.2) is 0 Å². The molecule has 3 aromatic carbocycles. The fourth-order valence-corrected chi connectivity index (χ4v) is 3.13. The van der Waals surface area contributed by atoms with Gasteiger partial charge in [-0.1, -0.05) is 72.8 Å². The van der Waals surface area contributed by atoms with Crippen LogP contribution in [0.4, 0.5) is 0 Å². The van der Waals surface area contributed by atoms with E-state index in [0.717, 1.165) is 16.5 Å². The Balaban J connectivity index is 1.61. The zero-order valence-corrected chi connectivity index (χ0v) is 14.8. The van der Waals surface area contributed by atoms with Crippen LogP contribution in [-0.2, 0) is 11.3 Å². The minimum Gasteiger partial charge on any atom is -0.465 e. The highest BCUT2D eigenvalue weighted by molar-refractivity contribution is 6.24. The van der Waals surface area contributed by atoms with Gasteiger partial charge in [-0.05, 0) is 40.1 Å². The van der Waals surface area contributed by atoms with E-state index in [1.165, 1.54) is 5.39 Å². The van der Waals surface area contributed by atoms with Crippen molar-refractivity contribution < 1.29 is 9.21 Å². The molecule has 3 nitrogen and oxygen atoms in total. The molecule has 132 valence electrons. The highest BCUT2D eigenvalue weighted by Crippen LogP contribution is 2.21. The van der Waals surface area contributed by atoms with E-state index in [9.17, 15) is 4.79 Å². The number of fused-ring (bicyclic) bond motifs is 1. The van der Waals surface area contributed by atoms with Crippen molar-refractivity contribution in [2.75, 3.05) is 0 Å². The van der Waals surface area contributed by atoms with Crippen LogP contribution in [0, 0.1) is 0 Å². The number of hydrogen-bond acceptors (Lipinski definition) is 2. The van der Waals surface area contributed by atoms with Gasteiger partial charge in [0.05, 0.1) is 11.8 Å². The number of furan rings is 1. The SMILES string of the molecule is O=C(NCc1cccc2ccccc12)/C(=C/c1ccco1)c1ccccc1. The summed E-state index contributed by atoms with van der Waals surface area (Å²) in [4.78, 5) is 13.0. The summed E-state index contributed by atoms with van der Waals surface area (Å²) in [6.45, 7) is 0.461. The molecule has 0 atom stereocenters. The van der Waals surface area contributed by atoms with E-state index in [1.54, 1.807) is 12.3 Å². The zero-order valence-electron chi connectivity index (χ0n) is 14.8. The molecule has 3 heteroatoms. The van der Waals surface area contributed by atoms with Crippen molar-refractivity contribution in [3.05, 3.63) is 108 Å². The lowest BCUT2D eigenvalue weighted by Crippen LogP contribution is -2.24. The number of hydrogen-bond donors (Lipinski definition) is 1. The molecule has 1 amide bonds. The normalized spacial score (nSPS) is 11.5. The molecule has 0 unspecified atom stereocenters. The average molecular weight is 353 g/mol. The number of carbonyl (C=O) groups excluding carboxylic acids is 1. The van der Waals surface area contributed by atoms with E-state index in [1.807, 2.05) is 66.7 Å². The minimum absolute atomic E-state index is 0.134. The summed E-state index contributed by atoms with van der Waals surface area (Å²) in [6.07, 6.45) is 3.37. The van der Waals surface area contributed by atoms with Crippen LogP contribution >= 0.6 is 0 Å². The Bertz CT molecular complexity index is 1070. The van der Waals surface area contributed by atoms with Crippen LogP contribution in [0.3, 0.4) is 0 Å². The molecule has 1 N–H and O–H groups in total. The third kappa shape index (κ3) is 3.82. The first-order valence-corrected chi connectivity index (χ1v) is 8.87.